The van der Waals surface area contributed by atoms with Crippen molar-refractivity contribution in [2.75, 3.05) is 24.6 Å². The molecule has 2 fully saturated rings. The van der Waals surface area contributed by atoms with E-state index in [-0.39, 0.29) is 0 Å². The lowest BCUT2D eigenvalue weighted by Crippen LogP contribution is -2.61. The summed E-state index contributed by atoms with van der Waals surface area (Å²) >= 11 is 2.09. The van der Waals surface area contributed by atoms with Crippen molar-refractivity contribution in [1.82, 2.24) is 10.2 Å². The highest BCUT2D eigenvalue weighted by molar-refractivity contribution is 7.99. The summed E-state index contributed by atoms with van der Waals surface area (Å²) in [6.45, 7) is 11.9. The zero-order valence-electron chi connectivity index (χ0n) is 12.5. The van der Waals surface area contributed by atoms with Crippen molar-refractivity contribution in [1.29, 1.82) is 0 Å². The van der Waals surface area contributed by atoms with Crippen molar-refractivity contribution in [3.63, 3.8) is 0 Å². The fourth-order valence-corrected chi connectivity index (χ4v) is 3.91. The van der Waals surface area contributed by atoms with Crippen molar-refractivity contribution >= 4 is 11.8 Å². The van der Waals surface area contributed by atoms with Gasteiger partial charge < -0.3 is 5.32 Å². The topological polar surface area (TPSA) is 15.3 Å². The number of hydrogen-bond acceptors (Lipinski definition) is 3. The van der Waals surface area contributed by atoms with Crippen molar-refractivity contribution in [2.45, 2.75) is 58.7 Å². The van der Waals surface area contributed by atoms with E-state index < -0.39 is 0 Å². The fraction of sp³-hybridized carbons (Fsp3) is 1.00. The molecule has 1 saturated heterocycles. The van der Waals surface area contributed by atoms with Crippen LogP contribution in [-0.2, 0) is 0 Å². The standard InChI is InChI=1S/C15H30N2S/c1-5-18-10-12(4)17-9-14(13-6-7-13)16-8-15(17)11(2)3/h11-16H,5-10H2,1-4H3. The van der Waals surface area contributed by atoms with Crippen LogP contribution < -0.4 is 5.32 Å². The SMILES string of the molecule is CCSCC(C)N1CC(C2CC2)NCC1C(C)C. The quantitative estimate of drug-likeness (QED) is 0.799. The van der Waals surface area contributed by atoms with Gasteiger partial charge in [0.25, 0.3) is 0 Å². The molecular weight excluding hydrogens is 240 g/mol. The zero-order chi connectivity index (χ0) is 13.1. The molecule has 0 aromatic rings. The van der Waals surface area contributed by atoms with Gasteiger partial charge in [0.15, 0.2) is 0 Å². The van der Waals surface area contributed by atoms with Gasteiger partial charge in [0.2, 0.25) is 0 Å². The van der Waals surface area contributed by atoms with E-state index in [1.165, 1.54) is 37.4 Å². The predicted octanol–water partition coefficient (Wildman–Crippen LogP) is 2.84. The molecule has 0 amide bonds. The molecule has 1 heterocycles. The first-order chi connectivity index (χ1) is 8.63. The van der Waals surface area contributed by atoms with Gasteiger partial charge in [-0.25, -0.2) is 0 Å². The molecule has 0 aromatic heterocycles. The molecular formula is C15H30N2S. The summed E-state index contributed by atoms with van der Waals surface area (Å²) in [7, 11) is 0. The maximum atomic E-state index is 3.80. The second-order valence-electron chi connectivity index (χ2n) is 6.37. The second-order valence-corrected chi connectivity index (χ2v) is 7.69. The van der Waals surface area contributed by atoms with Gasteiger partial charge >= 0.3 is 0 Å². The summed E-state index contributed by atoms with van der Waals surface area (Å²) in [5.74, 6) is 4.27. The van der Waals surface area contributed by atoms with E-state index in [1.54, 1.807) is 0 Å². The van der Waals surface area contributed by atoms with Crippen LogP contribution in [0.4, 0.5) is 0 Å². The summed E-state index contributed by atoms with van der Waals surface area (Å²) in [5.41, 5.74) is 0. The van der Waals surface area contributed by atoms with Crippen molar-refractivity contribution in [2.24, 2.45) is 11.8 Å². The number of piperazine rings is 1. The van der Waals surface area contributed by atoms with E-state index >= 15 is 0 Å². The van der Waals surface area contributed by atoms with Gasteiger partial charge in [0, 0.05) is 37.0 Å². The Hall–Kier alpha value is 0.270. The first-order valence-electron chi connectivity index (χ1n) is 7.70. The summed E-state index contributed by atoms with van der Waals surface area (Å²) < 4.78 is 0. The van der Waals surface area contributed by atoms with Crippen LogP contribution >= 0.6 is 11.8 Å². The minimum atomic E-state index is 0.727. The molecule has 0 spiro atoms. The van der Waals surface area contributed by atoms with Crippen molar-refractivity contribution in [3.8, 4) is 0 Å². The number of nitrogens with zero attached hydrogens (tertiary/aromatic N) is 1. The molecule has 18 heavy (non-hydrogen) atoms. The highest BCUT2D eigenvalue weighted by atomic mass is 32.2. The molecule has 3 atom stereocenters. The lowest BCUT2D eigenvalue weighted by atomic mass is 9.95. The average molecular weight is 270 g/mol. The molecule has 1 aliphatic heterocycles. The molecule has 2 rings (SSSR count). The average Bonchev–Trinajstić information content (AvgIpc) is 3.19. The molecule has 0 bridgehead atoms. The summed E-state index contributed by atoms with van der Waals surface area (Å²) in [4.78, 5) is 2.80. The first kappa shape index (κ1) is 14.7. The van der Waals surface area contributed by atoms with Gasteiger partial charge in [-0.05, 0) is 37.4 Å². The van der Waals surface area contributed by atoms with Crippen LogP contribution in [-0.4, -0.2) is 47.6 Å². The Morgan fingerprint density at radius 1 is 1.28 bits per heavy atom. The van der Waals surface area contributed by atoms with E-state index in [9.17, 15) is 0 Å². The maximum absolute atomic E-state index is 3.80. The van der Waals surface area contributed by atoms with Crippen LogP contribution in [0.1, 0.15) is 40.5 Å². The summed E-state index contributed by atoms with van der Waals surface area (Å²) in [5, 5.41) is 3.80. The number of thioether (sulfide) groups is 1. The van der Waals surface area contributed by atoms with E-state index in [2.05, 4.69) is 49.7 Å². The van der Waals surface area contributed by atoms with Crippen LogP contribution in [0.3, 0.4) is 0 Å². The molecule has 0 radical (unpaired) electrons. The Balaban J connectivity index is 1.94. The maximum Gasteiger partial charge on any atom is 0.0247 e. The third-order valence-corrected chi connectivity index (χ3v) is 5.64. The number of nitrogens with one attached hydrogen (secondary N) is 1. The minimum Gasteiger partial charge on any atom is -0.311 e. The van der Waals surface area contributed by atoms with Crippen LogP contribution in [0.15, 0.2) is 0 Å². The van der Waals surface area contributed by atoms with Crippen LogP contribution in [0.5, 0.6) is 0 Å². The zero-order valence-corrected chi connectivity index (χ0v) is 13.3. The Labute approximate surface area is 117 Å². The molecule has 106 valence electrons. The van der Waals surface area contributed by atoms with Gasteiger partial charge in [-0.1, -0.05) is 20.8 Å². The lowest BCUT2D eigenvalue weighted by Gasteiger charge is -2.45. The molecule has 3 heteroatoms. The molecule has 1 saturated carbocycles. The predicted molar refractivity (Wildman–Crippen MR) is 82.3 cm³/mol. The van der Waals surface area contributed by atoms with Gasteiger partial charge in [0.1, 0.15) is 0 Å². The molecule has 3 unspecified atom stereocenters. The van der Waals surface area contributed by atoms with Gasteiger partial charge in [-0.15, -0.1) is 0 Å². The first-order valence-corrected chi connectivity index (χ1v) is 8.85. The van der Waals surface area contributed by atoms with Gasteiger partial charge in [-0.2, -0.15) is 11.8 Å². The normalized spacial score (nSPS) is 31.8. The van der Waals surface area contributed by atoms with Gasteiger partial charge in [-0.3, -0.25) is 4.90 Å². The van der Waals surface area contributed by atoms with E-state index in [1.807, 2.05) is 0 Å². The van der Waals surface area contributed by atoms with E-state index in [0.717, 1.165) is 30.0 Å². The highest BCUT2D eigenvalue weighted by Gasteiger charge is 2.39. The summed E-state index contributed by atoms with van der Waals surface area (Å²) in [6, 6.07) is 2.23. The summed E-state index contributed by atoms with van der Waals surface area (Å²) in [6.07, 6.45) is 2.91. The number of rotatable bonds is 6. The lowest BCUT2D eigenvalue weighted by molar-refractivity contribution is 0.0658. The van der Waals surface area contributed by atoms with Crippen LogP contribution in [0.25, 0.3) is 0 Å². The van der Waals surface area contributed by atoms with Crippen LogP contribution in [0, 0.1) is 11.8 Å². The Bertz CT molecular complexity index is 253. The molecule has 2 nitrogen and oxygen atoms in total. The molecule has 1 N–H and O–H groups in total. The minimum absolute atomic E-state index is 0.727. The molecule has 1 aliphatic carbocycles. The Kier molecular flexibility index (Phi) is 5.40. The Morgan fingerprint density at radius 3 is 2.56 bits per heavy atom. The third-order valence-electron chi connectivity index (χ3n) is 4.51. The molecule has 0 aromatic carbocycles. The van der Waals surface area contributed by atoms with Crippen LogP contribution in [0.2, 0.25) is 0 Å². The van der Waals surface area contributed by atoms with Gasteiger partial charge in [0.05, 0.1) is 0 Å². The molecule has 2 aliphatic rings. The van der Waals surface area contributed by atoms with Crippen molar-refractivity contribution in [3.05, 3.63) is 0 Å². The smallest absolute Gasteiger partial charge is 0.0247 e. The second kappa shape index (κ2) is 6.62. The number of hydrogen-bond donors (Lipinski definition) is 1. The fourth-order valence-electron chi connectivity index (χ4n) is 3.14. The highest BCUT2D eigenvalue weighted by Crippen LogP contribution is 2.35. The van der Waals surface area contributed by atoms with E-state index in [4.69, 9.17) is 0 Å². The monoisotopic (exact) mass is 270 g/mol. The van der Waals surface area contributed by atoms with Crippen molar-refractivity contribution < 1.29 is 0 Å². The Morgan fingerprint density at radius 2 is 2.00 bits per heavy atom. The largest absolute Gasteiger partial charge is 0.311 e. The van der Waals surface area contributed by atoms with E-state index in [0.29, 0.717) is 0 Å². The third kappa shape index (κ3) is 3.64.